The van der Waals surface area contributed by atoms with Gasteiger partial charge < -0.3 is 10.4 Å². The number of carboxylic acid groups (broad SMARTS) is 1. The average molecular weight is 259 g/mol. The highest BCUT2D eigenvalue weighted by Gasteiger charge is 2.10. The van der Waals surface area contributed by atoms with Gasteiger partial charge in [0.05, 0.1) is 5.56 Å². The Labute approximate surface area is 112 Å². The second-order valence-corrected chi connectivity index (χ2v) is 4.32. The van der Waals surface area contributed by atoms with Crippen molar-refractivity contribution in [3.05, 3.63) is 34.4 Å². The summed E-state index contributed by atoms with van der Waals surface area (Å²) in [6.07, 6.45) is 0.568. The first-order valence-electron chi connectivity index (χ1n) is 5.99. The van der Waals surface area contributed by atoms with Crippen LogP contribution in [0.1, 0.15) is 40.4 Å². The van der Waals surface area contributed by atoms with Crippen molar-refractivity contribution in [1.82, 2.24) is 5.32 Å². The quantitative estimate of drug-likeness (QED) is 0.643. The van der Waals surface area contributed by atoms with Gasteiger partial charge in [0.25, 0.3) is 0 Å². The Morgan fingerprint density at radius 3 is 2.32 bits per heavy atom. The molecule has 0 saturated heterocycles. The molecule has 0 unspecified atom stereocenters. The summed E-state index contributed by atoms with van der Waals surface area (Å²) in [5.41, 5.74) is 2.55. The number of amides is 1. The van der Waals surface area contributed by atoms with E-state index in [0.717, 1.165) is 5.56 Å². The highest BCUT2D eigenvalue weighted by atomic mass is 16.4. The van der Waals surface area contributed by atoms with E-state index in [4.69, 9.17) is 5.11 Å². The minimum Gasteiger partial charge on any atom is -0.478 e. The minimum absolute atomic E-state index is 0.0701. The molecule has 0 fully saturated rings. The van der Waals surface area contributed by atoms with Gasteiger partial charge in [0, 0.05) is 25.5 Å². The number of hydrogen-bond donors (Lipinski definition) is 2. The van der Waals surface area contributed by atoms with E-state index in [1.807, 2.05) is 0 Å². The Bertz CT molecular complexity index is 541. The van der Waals surface area contributed by atoms with Gasteiger partial charge in [-0.25, -0.2) is 4.79 Å². The van der Waals surface area contributed by atoms with E-state index in [1.54, 1.807) is 26.0 Å². The van der Waals surface area contributed by atoms with Crippen molar-refractivity contribution in [2.45, 2.75) is 27.2 Å². The Balaban J connectivity index is 2.79. The molecule has 100 valence electrons. The average Bonchev–Trinajstić information content (AvgIpc) is 2.26. The molecule has 0 heterocycles. The molecular weight excluding hydrogens is 242 g/mol. The van der Waals surface area contributed by atoms with Crippen molar-refractivity contribution in [1.29, 1.82) is 0 Å². The lowest BCUT2D eigenvalue weighted by atomic mass is 9.99. The summed E-state index contributed by atoms with van der Waals surface area (Å²) >= 11 is 0. The van der Waals surface area contributed by atoms with Gasteiger partial charge in [0.1, 0.15) is 0 Å². The summed E-state index contributed by atoms with van der Waals surface area (Å²) in [5, 5.41) is 11.7. The Kier molecular flexibility index (Phi) is 5.13. The largest absolute Gasteiger partial charge is 0.478 e. The Morgan fingerprint density at radius 2 is 1.84 bits per heavy atom. The van der Waals surface area contributed by atoms with Gasteiger partial charge >= 0.3 is 5.97 Å². The molecule has 2 N–H and O–H groups in total. The number of hydrogen-bond acceptors (Lipinski definition) is 2. The molecule has 1 amide bonds. The monoisotopic (exact) mass is 259 g/mol. The maximum atomic E-state index is 11.0. The van der Waals surface area contributed by atoms with E-state index in [9.17, 15) is 9.59 Å². The summed E-state index contributed by atoms with van der Waals surface area (Å²) < 4.78 is 0. The first-order chi connectivity index (χ1) is 8.91. The lowest BCUT2D eigenvalue weighted by Crippen LogP contribution is -2.20. The fraction of sp³-hybridized carbons (Fsp3) is 0.333. The zero-order chi connectivity index (χ0) is 14.4. The molecule has 0 spiro atoms. The third-order valence-electron chi connectivity index (χ3n) is 2.60. The summed E-state index contributed by atoms with van der Waals surface area (Å²) in [4.78, 5) is 21.7. The fourth-order valence-corrected chi connectivity index (χ4v) is 1.84. The van der Waals surface area contributed by atoms with E-state index in [0.29, 0.717) is 29.7 Å². The van der Waals surface area contributed by atoms with Crippen LogP contribution in [0.3, 0.4) is 0 Å². The highest BCUT2D eigenvalue weighted by molar-refractivity contribution is 5.91. The summed E-state index contributed by atoms with van der Waals surface area (Å²) in [6, 6.07) is 3.53. The molecule has 1 aromatic rings. The lowest BCUT2D eigenvalue weighted by Gasteiger charge is -2.05. The van der Waals surface area contributed by atoms with Crippen molar-refractivity contribution in [2.24, 2.45) is 0 Å². The van der Waals surface area contributed by atoms with Gasteiger partial charge in [-0.2, -0.15) is 0 Å². The molecule has 4 nitrogen and oxygen atoms in total. The van der Waals surface area contributed by atoms with Crippen molar-refractivity contribution >= 4 is 11.9 Å². The van der Waals surface area contributed by atoms with E-state index < -0.39 is 5.97 Å². The topological polar surface area (TPSA) is 66.4 Å². The molecule has 19 heavy (non-hydrogen) atoms. The van der Waals surface area contributed by atoms with Crippen molar-refractivity contribution in [2.75, 3.05) is 6.54 Å². The zero-order valence-corrected chi connectivity index (χ0v) is 11.3. The number of rotatable bonds is 3. The molecule has 0 atom stereocenters. The normalized spacial score (nSPS) is 9.42. The number of nitrogens with one attached hydrogen (secondary N) is 1. The SMILES string of the molecule is CC(=O)NCCC#Cc1cc(C)c(C(=O)O)c(C)c1. The Morgan fingerprint density at radius 1 is 1.26 bits per heavy atom. The molecule has 0 saturated carbocycles. The minimum atomic E-state index is -0.917. The van der Waals surface area contributed by atoms with Gasteiger partial charge in [-0.15, -0.1) is 0 Å². The molecule has 0 aliphatic heterocycles. The zero-order valence-electron chi connectivity index (χ0n) is 11.3. The van der Waals surface area contributed by atoms with Crippen LogP contribution in [0.25, 0.3) is 0 Å². The lowest BCUT2D eigenvalue weighted by molar-refractivity contribution is -0.118. The summed E-state index contributed by atoms with van der Waals surface area (Å²) in [5.74, 6) is 4.93. The van der Waals surface area contributed by atoms with Crippen LogP contribution in [0, 0.1) is 25.7 Å². The van der Waals surface area contributed by atoms with Crippen molar-refractivity contribution < 1.29 is 14.7 Å². The first-order valence-corrected chi connectivity index (χ1v) is 5.99. The maximum absolute atomic E-state index is 11.0. The molecule has 0 radical (unpaired) electrons. The molecule has 0 aromatic heterocycles. The number of aromatic carboxylic acids is 1. The van der Waals surface area contributed by atoms with Crippen LogP contribution in [0.4, 0.5) is 0 Å². The van der Waals surface area contributed by atoms with E-state index in [1.165, 1.54) is 6.92 Å². The molecule has 0 bridgehead atoms. The first kappa shape index (κ1) is 14.8. The second kappa shape index (κ2) is 6.60. The number of benzene rings is 1. The standard InChI is InChI=1S/C15H17NO3/c1-10-8-13(6-4-5-7-16-12(3)17)9-11(2)14(10)15(18)19/h8-9H,5,7H2,1-3H3,(H,16,17)(H,18,19). The van der Waals surface area contributed by atoms with Gasteiger partial charge in [0.15, 0.2) is 0 Å². The van der Waals surface area contributed by atoms with Gasteiger partial charge in [0.2, 0.25) is 5.91 Å². The van der Waals surface area contributed by atoms with Crippen LogP contribution in [0.5, 0.6) is 0 Å². The van der Waals surface area contributed by atoms with Gasteiger partial charge in [-0.05, 0) is 37.1 Å². The number of carbonyl (C=O) groups excluding carboxylic acids is 1. The summed E-state index contributed by atoms with van der Waals surface area (Å²) in [7, 11) is 0. The van der Waals surface area contributed by atoms with Gasteiger partial charge in [-0.3, -0.25) is 4.79 Å². The molecule has 0 aliphatic carbocycles. The number of carbonyl (C=O) groups is 2. The molecule has 1 rings (SSSR count). The van der Waals surface area contributed by atoms with Crippen LogP contribution >= 0.6 is 0 Å². The third-order valence-corrected chi connectivity index (χ3v) is 2.60. The number of carboxylic acids is 1. The van der Waals surface area contributed by atoms with Crippen LogP contribution in [0.15, 0.2) is 12.1 Å². The smallest absolute Gasteiger partial charge is 0.336 e. The molecular formula is C15H17NO3. The van der Waals surface area contributed by atoms with Crippen LogP contribution < -0.4 is 5.32 Å². The fourth-order valence-electron chi connectivity index (χ4n) is 1.84. The molecule has 1 aromatic carbocycles. The molecule has 4 heteroatoms. The predicted molar refractivity (Wildman–Crippen MR) is 73.1 cm³/mol. The maximum Gasteiger partial charge on any atom is 0.336 e. The van der Waals surface area contributed by atoms with Crippen molar-refractivity contribution in [3.63, 3.8) is 0 Å². The highest BCUT2D eigenvalue weighted by Crippen LogP contribution is 2.16. The van der Waals surface area contributed by atoms with Crippen LogP contribution in [0.2, 0.25) is 0 Å². The Hall–Kier alpha value is -2.28. The third kappa shape index (κ3) is 4.47. The van der Waals surface area contributed by atoms with Crippen LogP contribution in [-0.4, -0.2) is 23.5 Å². The predicted octanol–water partition coefficient (Wildman–Crippen LogP) is 1.88. The molecule has 0 aliphatic rings. The van der Waals surface area contributed by atoms with Crippen molar-refractivity contribution in [3.8, 4) is 11.8 Å². The van der Waals surface area contributed by atoms with Crippen LogP contribution in [-0.2, 0) is 4.79 Å². The van der Waals surface area contributed by atoms with E-state index in [2.05, 4.69) is 17.2 Å². The summed E-state index contributed by atoms with van der Waals surface area (Å²) in [6.45, 7) is 5.51. The second-order valence-electron chi connectivity index (χ2n) is 4.32. The van der Waals surface area contributed by atoms with E-state index in [-0.39, 0.29) is 5.91 Å². The number of aryl methyl sites for hydroxylation is 2. The van der Waals surface area contributed by atoms with E-state index >= 15 is 0 Å². The van der Waals surface area contributed by atoms with Gasteiger partial charge in [-0.1, -0.05) is 11.8 Å².